The summed E-state index contributed by atoms with van der Waals surface area (Å²) in [6, 6.07) is 7.73. The molecule has 3 rings (SSSR count). The molecule has 1 unspecified atom stereocenters. The first-order valence-electron chi connectivity index (χ1n) is 12.4. The van der Waals surface area contributed by atoms with E-state index < -0.39 is 45.0 Å². The molecule has 3 N–H and O–H groups in total. The lowest BCUT2D eigenvalue weighted by Gasteiger charge is -2.20. The zero-order chi connectivity index (χ0) is 30.1. The SMILES string of the molecule is CC(C)CC(NC(=O)c1cc([N+](=O)[O-])cc([N+](=O)[O-])c1)C(=O)NCc1nc(C(=O)NCCc2ccccc2F)cs1. The van der Waals surface area contributed by atoms with Gasteiger partial charge in [-0.05, 0) is 30.4 Å². The molecule has 41 heavy (non-hydrogen) atoms. The van der Waals surface area contributed by atoms with Gasteiger partial charge in [-0.25, -0.2) is 9.37 Å². The number of hydrogen-bond donors (Lipinski definition) is 3. The lowest BCUT2D eigenvalue weighted by Crippen LogP contribution is -2.47. The molecule has 0 aliphatic heterocycles. The van der Waals surface area contributed by atoms with Gasteiger partial charge in [-0.2, -0.15) is 0 Å². The monoisotopic (exact) mass is 586 g/mol. The van der Waals surface area contributed by atoms with Crippen LogP contribution in [0, 0.1) is 32.0 Å². The third-order valence-corrected chi connectivity index (χ3v) is 6.60. The van der Waals surface area contributed by atoms with Crippen LogP contribution in [-0.4, -0.2) is 45.1 Å². The van der Waals surface area contributed by atoms with Gasteiger partial charge >= 0.3 is 0 Å². The van der Waals surface area contributed by atoms with E-state index in [0.717, 1.165) is 29.5 Å². The Morgan fingerprint density at radius 3 is 2.27 bits per heavy atom. The van der Waals surface area contributed by atoms with E-state index >= 15 is 0 Å². The number of rotatable bonds is 13. The number of nitrogens with zero attached hydrogens (tertiary/aromatic N) is 3. The van der Waals surface area contributed by atoms with Crippen LogP contribution in [0.5, 0.6) is 0 Å². The summed E-state index contributed by atoms with van der Waals surface area (Å²) in [7, 11) is 0. The zero-order valence-electron chi connectivity index (χ0n) is 22.1. The largest absolute Gasteiger partial charge is 0.350 e. The average Bonchev–Trinajstić information content (AvgIpc) is 3.41. The van der Waals surface area contributed by atoms with Crippen LogP contribution in [0.15, 0.2) is 47.8 Å². The van der Waals surface area contributed by atoms with Crippen LogP contribution in [0.4, 0.5) is 15.8 Å². The van der Waals surface area contributed by atoms with E-state index in [-0.39, 0.29) is 42.5 Å². The fraction of sp³-hybridized carbons (Fsp3) is 0.308. The fourth-order valence-corrected chi connectivity index (χ4v) is 4.48. The molecule has 15 heteroatoms. The van der Waals surface area contributed by atoms with Crippen molar-refractivity contribution in [3.63, 3.8) is 0 Å². The summed E-state index contributed by atoms with van der Waals surface area (Å²) in [5.74, 6) is -2.30. The van der Waals surface area contributed by atoms with Gasteiger partial charge in [0, 0.05) is 24.1 Å². The zero-order valence-corrected chi connectivity index (χ0v) is 22.9. The number of thiazole rings is 1. The molecule has 0 radical (unpaired) electrons. The minimum Gasteiger partial charge on any atom is -0.350 e. The summed E-state index contributed by atoms with van der Waals surface area (Å²) < 4.78 is 13.7. The molecular weight excluding hydrogens is 559 g/mol. The highest BCUT2D eigenvalue weighted by Crippen LogP contribution is 2.23. The fourth-order valence-electron chi connectivity index (χ4n) is 3.77. The number of nitro groups is 2. The predicted molar refractivity (Wildman–Crippen MR) is 147 cm³/mol. The van der Waals surface area contributed by atoms with Gasteiger partial charge in [0.25, 0.3) is 23.2 Å². The van der Waals surface area contributed by atoms with Crippen LogP contribution in [0.25, 0.3) is 0 Å². The van der Waals surface area contributed by atoms with E-state index in [0.29, 0.717) is 17.0 Å². The topological polar surface area (TPSA) is 186 Å². The number of nitro benzene ring substituents is 2. The van der Waals surface area contributed by atoms with Crippen molar-refractivity contribution in [3.8, 4) is 0 Å². The van der Waals surface area contributed by atoms with E-state index in [1.54, 1.807) is 18.2 Å². The Morgan fingerprint density at radius 2 is 1.66 bits per heavy atom. The normalized spacial score (nSPS) is 11.5. The summed E-state index contributed by atoms with van der Waals surface area (Å²) in [5, 5.41) is 32.1. The molecule has 1 atom stereocenters. The predicted octanol–water partition coefficient (Wildman–Crippen LogP) is 3.53. The highest BCUT2D eigenvalue weighted by atomic mass is 32.1. The standard InChI is InChI=1S/C26H27FN6O7S/c1-15(2)9-21(31-24(34)17-10-18(32(37)38)12-19(11-17)33(39)40)25(35)29-13-23-30-22(14-41-23)26(36)28-8-7-16-5-3-4-6-20(16)27/h3-6,10-12,14-15,21H,7-9,13H2,1-2H3,(H,28,36)(H,29,35)(H,31,34). The van der Waals surface area contributed by atoms with Crippen LogP contribution in [0.2, 0.25) is 0 Å². The molecule has 0 saturated carbocycles. The Bertz CT molecular complexity index is 1430. The van der Waals surface area contributed by atoms with Crippen molar-refractivity contribution in [1.82, 2.24) is 20.9 Å². The molecule has 3 aromatic rings. The first-order chi connectivity index (χ1) is 19.4. The number of carbonyl (C=O) groups is 3. The Morgan fingerprint density at radius 1 is 1.00 bits per heavy atom. The van der Waals surface area contributed by atoms with Crippen molar-refractivity contribution >= 4 is 40.4 Å². The van der Waals surface area contributed by atoms with Crippen LogP contribution in [-0.2, 0) is 17.8 Å². The molecule has 0 spiro atoms. The van der Waals surface area contributed by atoms with Gasteiger partial charge in [0.1, 0.15) is 22.6 Å². The van der Waals surface area contributed by atoms with Crippen LogP contribution >= 0.6 is 11.3 Å². The number of aromatic nitrogens is 1. The molecule has 2 aromatic carbocycles. The van der Waals surface area contributed by atoms with Gasteiger partial charge in [-0.15, -0.1) is 11.3 Å². The second kappa shape index (κ2) is 14.0. The van der Waals surface area contributed by atoms with Gasteiger partial charge in [0.05, 0.1) is 28.0 Å². The maximum absolute atomic E-state index is 13.7. The number of non-ortho nitro benzene ring substituents is 2. The van der Waals surface area contributed by atoms with Crippen LogP contribution < -0.4 is 16.0 Å². The average molecular weight is 587 g/mol. The quantitative estimate of drug-likeness (QED) is 0.200. The summed E-state index contributed by atoms with van der Waals surface area (Å²) in [5.41, 5.74) is -0.999. The maximum Gasteiger partial charge on any atom is 0.277 e. The highest BCUT2D eigenvalue weighted by Gasteiger charge is 2.26. The van der Waals surface area contributed by atoms with E-state index in [1.807, 2.05) is 13.8 Å². The molecule has 0 aliphatic carbocycles. The minimum atomic E-state index is -1.05. The van der Waals surface area contributed by atoms with E-state index in [2.05, 4.69) is 20.9 Å². The second-order valence-corrected chi connectivity index (χ2v) is 10.3. The van der Waals surface area contributed by atoms with Crippen molar-refractivity contribution in [2.24, 2.45) is 5.92 Å². The molecule has 1 aromatic heterocycles. The van der Waals surface area contributed by atoms with E-state index in [1.165, 1.54) is 11.4 Å². The van der Waals surface area contributed by atoms with Crippen LogP contribution in [0.3, 0.4) is 0 Å². The van der Waals surface area contributed by atoms with Crippen molar-refractivity contribution in [3.05, 3.63) is 95.7 Å². The lowest BCUT2D eigenvalue weighted by atomic mass is 10.0. The lowest BCUT2D eigenvalue weighted by molar-refractivity contribution is -0.394. The van der Waals surface area contributed by atoms with E-state index in [9.17, 15) is 39.0 Å². The molecule has 0 fully saturated rings. The van der Waals surface area contributed by atoms with Gasteiger partial charge in [-0.1, -0.05) is 32.0 Å². The number of carbonyl (C=O) groups excluding carboxylic acids is 3. The van der Waals surface area contributed by atoms with Gasteiger partial charge in [-0.3, -0.25) is 34.6 Å². The Kier molecular flexibility index (Phi) is 10.5. The van der Waals surface area contributed by atoms with E-state index in [4.69, 9.17) is 0 Å². The Labute approximate surface area is 237 Å². The highest BCUT2D eigenvalue weighted by molar-refractivity contribution is 7.09. The minimum absolute atomic E-state index is 0.0370. The Hall–Kier alpha value is -4.79. The first-order valence-corrected chi connectivity index (χ1v) is 13.3. The van der Waals surface area contributed by atoms with Crippen molar-refractivity contribution in [2.45, 2.75) is 39.3 Å². The summed E-state index contributed by atoms with van der Waals surface area (Å²) in [4.78, 5) is 63.0. The van der Waals surface area contributed by atoms with Gasteiger partial charge < -0.3 is 16.0 Å². The summed E-state index contributed by atoms with van der Waals surface area (Å²) in [6.07, 6.45) is 0.514. The smallest absolute Gasteiger partial charge is 0.277 e. The molecule has 13 nitrogen and oxygen atoms in total. The number of nitrogens with one attached hydrogen (secondary N) is 3. The first kappa shape index (κ1) is 30.7. The third kappa shape index (κ3) is 8.86. The number of amides is 3. The number of benzene rings is 2. The van der Waals surface area contributed by atoms with Crippen molar-refractivity contribution < 1.29 is 28.6 Å². The van der Waals surface area contributed by atoms with Crippen LogP contribution in [0.1, 0.15) is 51.7 Å². The molecule has 0 aliphatic rings. The van der Waals surface area contributed by atoms with Gasteiger partial charge in [0.2, 0.25) is 5.91 Å². The van der Waals surface area contributed by atoms with Crippen molar-refractivity contribution in [2.75, 3.05) is 6.54 Å². The maximum atomic E-state index is 13.7. The van der Waals surface area contributed by atoms with Crippen molar-refractivity contribution in [1.29, 1.82) is 0 Å². The summed E-state index contributed by atoms with van der Waals surface area (Å²) in [6.45, 7) is 3.80. The molecule has 0 bridgehead atoms. The summed E-state index contributed by atoms with van der Waals surface area (Å²) >= 11 is 1.14. The second-order valence-electron chi connectivity index (χ2n) is 9.35. The third-order valence-electron chi connectivity index (χ3n) is 5.75. The number of halogens is 1. The molecule has 216 valence electrons. The molecule has 3 amide bonds. The Balaban J connectivity index is 1.60. The molecule has 1 heterocycles. The molecular formula is C26H27FN6O7S. The number of hydrogen-bond acceptors (Lipinski definition) is 9. The molecule has 0 saturated heterocycles. The van der Waals surface area contributed by atoms with Gasteiger partial charge in [0.15, 0.2) is 0 Å².